The third-order valence-corrected chi connectivity index (χ3v) is 13.4. The van der Waals surface area contributed by atoms with Gasteiger partial charge in [-0.3, -0.25) is 14.4 Å². The number of carbonyl (C=O) groups is 3. The summed E-state index contributed by atoms with van der Waals surface area (Å²) in [5, 5.41) is 0. The molecule has 0 aliphatic carbocycles. The Morgan fingerprint density at radius 2 is 0.493 bits per heavy atom. The van der Waals surface area contributed by atoms with E-state index in [0.29, 0.717) is 19.3 Å². The van der Waals surface area contributed by atoms with E-state index in [9.17, 15) is 14.4 Å². The van der Waals surface area contributed by atoms with Crippen LogP contribution in [0.15, 0.2) is 24.3 Å². The Hall–Kier alpha value is -2.11. The second-order valence-corrected chi connectivity index (χ2v) is 20.3. The molecule has 0 aliphatic heterocycles. The zero-order chi connectivity index (χ0) is 48.6. The number of ether oxygens (including phenoxy) is 3. The van der Waals surface area contributed by atoms with Crippen molar-refractivity contribution >= 4 is 17.9 Å². The summed E-state index contributed by atoms with van der Waals surface area (Å²) in [6.45, 7) is 6.66. The zero-order valence-electron chi connectivity index (χ0n) is 45.2. The molecule has 0 aliphatic rings. The SMILES string of the molecule is CCCCC/C=C\CCCCCCCC(=O)OC[C@H](COC(=O)CCCCCCCCC/C=C\CCCCCCCCCC)OC(=O)CCCCCCCCCCCCCCCCCCCC. The molecule has 0 amide bonds. The van der Waals surface area contributed by atoms with Gasteiger partial charge < -0.3 is 14.2 Å². The molecule has 0 fully saturated rings. The van der Waals surface area contributed by atoms with Crippen LogP contribution in [-0.2, 0) is 28.6 Å². The van der Waals surface area contributed by atoms with Gasteiger partial charge in [0.05, 0.1) is 0 Å². The van der Waals surface area contributed by atoms with Gasteiger partial charge >= 0.3 is 17.9 Å². The predicted molar refractivity (Wildman–Crippen MR) is 289 cm³/mol. The first-order valence-electron chi connectivity index (χ1n) is 29.8. The third kappa shape index (κ3) is 54.7. The summed E-state index contributed by atoms with van der Waals surface area (Å²) in [5.74, 6) is -0.864. The van der Waals surface area contributed by atoms with Gasteiger partial charge in [-0.25, -0.2) is 0 Å². The number of unbranched alkanes of at least 4 members (excludes halogenated alkanes) is 40. The Kier molecular flexibility index (Phi) is 54.7. The molecule has 0 saturated heterocycles. The highest BCUT2D eigenvalue weighted by Gasteiger charge is 2.19. The number of allylic oxidation sites excluding steroid dienone is 4. The second-order valence-electron chi connectivity index (χ2n) is 20.3. The summed E-state index contributed by atoms with van der Waals surface area (Å²) >= 11 is 0. The lowest BCUT2D eigenvalue weighted by atomic mass is 10.0. The Morgan fingerprint density at radius 3 is 0.776 bits per heavy atom. The number of hydrogen-bond donors (Lipinski definition) is 0. The molecule has 0 aromatic heterocycles. The first kappa shape index (κ1) is 64.9. The molecule has 0 aromatic rings. The van der Waals surface area contributed by atoms with Gasteiger partial charge in [0.1, 0.15) is 13.2 Å². The fourth-order valence-electron chi connectivity index (χ4n) is 8.91. The Labute approximate surface area is 417 Å². The maximum atomic E-state index is 12.9. The average molecular weight is 944 g/mol. The molecule has 67 heavy (non-hydrogen) atoms. The second kappa shape index (κ2) is 56.5. The zero-order valence-corrected chi connectivity index (χ0v) is 45.2. The summed E-state index contributed by atoms with van der Waals surface area (Å²) in [6, 6.07) is 0. The average Bonchev–Trinajstić information content (AvgIpc) is 3.33. The van der Waals surface area contributed by atoms with E-state index < -0.39 is 6.10 Å². The lowest BCUT2D eigenvalue weighted by Crippen LogP contribution is -2.30. The van der Waals surface area contributed by atoms with Crippen LogP contribution in [0.4, 0.5) is 0 Å². The monoisotopic (exact) mass is 943 g/mol. The largest absolute Gasteiger partial charge is 0.462 e. The van der Waals surface area contributed by atoms with Crippen LogP contribution < -0.4 is 0 Å². The molecule has 0 saturated carbocycles. The maximum absolute atomic E-state index is 12.9. The first-order chi connectivity index (χ1) is 33.0. The van der Waals surface area contributed by atoms with Gasteiger partial charge in [-0.1, -0.05) is 263 Å². The Morgan fingerprint density at radius 1 is 0.284 bits per heavy atom. The molecule has 0 heterocycles. The minimum atomic E-state index is -0.772. The first-order valence-corrected chi connectivity index (χ1v) is 29.8. The molecular formula is C61H114O6. The molecule has 0 rings (SSSR count). The Balaban J connectivity index is 4.30. The minimum absolute atomic E-state index is 0.0718. The van der Waals surface area contributed by atoms with Crippen LogP contribution >= 0.6 is 0 Å². The highest BCUT2D eigenvalue weighted by molar-refractivity contribution is 5.71. The number of rotatable bonds is 55. The van der Waals surface area contributed by atoms with Gasteiger partial charge in [0, 0.05) is 19.3 Å². The van der Waals surface area contributed by atoms with E-state index >= 15 is 0 Å². The van der Waals surface area contributed by atoms with E-state index in [-0.39, 0.29) is 31.1 Å². The van der Waals surface area contributed by atoms with Crippen molar-refractivity contribution in [1.82, 2.24) is 0 Å². The van der Waals surface area contributed by atoms with Crippen molar-refractivity contribution in [2.45, 2.75) is 335 Å². The van der Waals surface area contributed by atoms with Crippen molar-refractivity contribution in [1.29, 1.82) is 0 Å². The number of hydrogen-bond acceptors (Lipinski definition) is 6. The van der Waals surface area contributed by atoms with E-state index in [0.717, 1.165) is 64.2 Å². The quantitative estimate of drug-likeness (QED) is 0.0262. The molecule has 0 N–H and O–H groups in total. The van der Waals surface area contributed by atoms with Gasteiger partial charge in [-0.2, -0.15) is 0 Å². The van der Waals surface area contributed by atoms with Crippen LogP contribution in [0.25, 0.3) is 0 Å². The van der Waals surface area contributed by atoms with Crippen molar-refractivity contribution in [3.05, 3.63) is 24.3 Å². The minimum Gasteiger partial charge on any atom is -0.462 e. The molecule has 0 spiro atoms. The fourth-order valence-corrected chi connectivity index (χ4v) is 8.91. The number of carbonyl (C=O) groups excluding carboxylic acids is 3. The molecule has 0 unspecified atom stereocenters. The lowest BCUT2D eigenvalue weighted by molar-refractivity contribution is -0.167. The number of esters is 3. The molecule has 6 heteroatoms. The van der Waals surface area contributed by atoms with E-state index in [1.807, 2.05) is 0 Å². The highest BCUT2D eigenvalue weighted by atomic mass is 16.6. The highest BCUT2D eigenvalue weighted by Crippen LogP contribution is 2.17. The van der Waals surface area contributed by atoms with Gasteiger partial charge in [-0.15, -0.1) is 0 Å². The van der Waals surface area contributed by atoms with Crippen LogP contribution in [0, 0.1) is 0 Å². The Bertz CT molecular complexity index is 1080. The normalized spacial score (nSPS) is 12.1. The summed E-state index contributed by atoms with van der Waals surface area (Å²) in [4.78, 5) is 38.1. The van der Waals surface area contributed by atoms with Gasteiger partial charge in [0.15, 0.2) is 6.10 Å². The van der Waals surface area contributed by atoms with E-state index in [1.54, 1.807) is 0 Å². The molecular weight excluding hydrogens is 829 g/mol. The topological polar surface area (TPSA) is 78.9 Å². The van der Waals surface area contributed by atoms with Gasteiger partial charge in [-0.05, 0) is 70.6 Å². The van der Waals surface area contributed by atoms with E-state index in [2.05, 4.69) is 45.1 Å². The summed E-state index contributed by atoms with van der Waals surface area (Å²) in [7, 11) is 0. The van der Waals surface area contributed by atoms with E-state index in [4.69, 9.17) is 14.2 Å². The summed E-state index contributed by atoms with van der Waals surface area (Å²) in [5.41, 5.74) is 0. The van der Waals surface area contributed by atoms with Gasteiger partial charge in [0.25, 0.3) is 0 Å². The maximum Gasteiger partial charge on any atom is 0.306 e. The van der Waals surface area contributed by atoms with Crippen LogP contribution in [0.2, 0.25) is 0 Å². The summed E-state index contributed by atoms with van der Waals surface area (Å²) in [6.07, 6.45) is 66.0. The molecule has 0 bridgehead atoms. The smallest absolute Gasteiger partial charge is 0.306 e. The van der Waals surface area contributed by atoms with Crippen molar-refractivity contribution < 1.29 is 28.6 Å². The lowest BCUT2D eigenvalue weighted by Gasteiger charge is -2.18. The predicted octanol–water partition coefficient (Wildman–Crippen LogP) is 19.9. The standard InChI is InChI=1S/C61H114O6/c1-4-7-10-13-16-19-22-25-27-29-31-33-34-36-39-42-45-48-51-54-60(63)66-57-58(56-65-59(62)53-50-47-44-41-38-24-21-18-15-12-9-6-3)67-61(64)55-52-49-46-43-40-37-35-32-30-28-26-23-20-17-14-11-8-5-2/h18,21,29,31,58H,4-17,19-20,22-28,30,32-57H2,1-3H3/b21-18-,31-29-/t58-/m1/s1. The summed E-state index contributed by atoms with van der Waals surface area (Å²) < 4.78 is 16.9. The molecule has 6 nitrogen and oxygen atoms in total. The molecule has 1 atom stereocenters. The molecule has 0 aromatic carbocycles. The fraction of sp³-hybridized carbons (Fsp3) is 0.885. The molecule has 0 radical (unpaired) electrons. The van der Waals surface area contributed by atoms with Crippen molar-refractivity contribution in [3.8, 4) is 0 Å². The van der Waals surface area contributed by atoms with Crippen molar-refractivity contribution in [3.63, 3.8) is 0 Å². The van der Waals surface area contributed by atoms with Crippen LogP contribution in [-0.4, -0.2) is 37.2 Å². The third-order valence-electron chi connectivity index (χ3n) is 13.4. The van der Waals surface area contributed by atoms with Crippen LogP contribution in [0.5, 0.6) is 0 Å². The van der Waals surface area contributed by atoms with Crippen molar-refractivity contribution in [2.75, 3.05) is 13.2 Å². The van der Waals surface area contributed by atoms with Crippen molar-refractivity contribution in [2.24, 2.45) is 0 Å². The van der Waals surface area contributed by atoms with E-state index in [1.165, 1.54) is 225 Å². The van der Waals surface area contributed by atoms with Gasteiger partial charge in [0.2, 0.25) is 0 Å². The van der Waals surface area contributed by atoms with Crippen LogP contribution in [0.1, 0.15) is 329 Å². The van der Waals surface area contributed by atoms with Crippen LogP contribution in [0.3, 0.4) is 0 Å². The molecule has 394 valence electrons.